The van der Waals surface area contributed by atoms with E-state index in [1.807, 2.05) is 6.07 Å². The summed E-state index contributed by atoms with van der Waals surface area (Å²) in [6.07, 6.45) is 3.54. The summed E-state index contributed by atoms with van der Waals surface area (Å²) in [6, 6.07) is 8.20. The number of hydrogen-bond donors (Lipinski definition) is 2. The normalized spacial score (nSPS) is 20.0. The van der Waals surface area contributed by atoms with Crippen LogP contribution in [0.25, 0.3) is 11.3 Å². The van der Waals surface area contributed by atoms with Crippen LogP contribution < -0.4 is 0 Å². The van der Waals surface area contributed by atoms with E-state index in [0.717, 1.165) is 49.1 Å². The molecule has 0 saturated heterocycles. The van der Waals surface area contributed by atoms with Gasteiger partial charge in [0.25, 0.3) is 0 Å². The number of amides is 1. The number of carbonyl (C=O) groups excluding carboxylic acids is 1. The van der Waals surface area contributed by atoms with Crippen molar-refractivity contribution in [3.05, 3.63) is 41.8 Å². The highest BCUT2D eigenvalue weighted by Crippen LogP contribution is 2.27. The Labute approximate surface area is 146 Å². The van der Waals surface area contributed by atoms with Crippen molar-refractivity contribution in [3.63, 3.8) is 0 Å². The van der Waals surface area contributed by atoms with Crippen molar-refractivity contribution in [3.8, 4) is 11.3 Å². The molecule has 0 radical (unpaired) electrons. The second kappa shape index (κ2) is 7.78. The van der Waals surface area contributed by atoms with E-state index in [0.29, 0.717) is 6.54 Å². The highest BCUT2D eigenvalue weighted by atomic mass is 19.1. The molecule has 1 amide bonds. The number of halogens is 1. The molecule has 134 valence electrons. The number of nitrogens with one attached hydrogen (secondary N) is 1. The SMILES string of the molecule is CN(CCCc1cc(-c2ccc(F)cc2)n[nH]1)C(=O)C1CCCC1O. The Balaban J connectivity index is 1.49. The molecule has 5 nitrogen and oxygen atoms in total. The molecule has 1 aliphatic carbocycles. The molecule has 2 N–H and O–H groups in total. The van der Waals surface area contributed by atoms with E-state index in [2.05, 4.69) is 10.2 Å². The van der Waals surface area contributed by atoms with E-state index in [-0.39, 0.29) is 17.6 Å². The van der Waals surface area contributed by atoms with Crippen LogP contribution in [0.3, 0.4) is 0 Å². The van der Waals surface area contributed by atoms with Crippen molar-refractivity contribution in [1.29, 1.82) is 0 Å². The second-order valence-electron chi connectivity index (χ2n) is 6.75. The van der Waals surface area contributed by atoms with Gasteiger partial charge >= 0.3 is 0 Å². The zero-order valence-electron chi connectivity index (χ0n) is 14.4. The molecular weight excluding hydrogens is 321 g/mol. The molecule has 0 aliphatic heterocycles. The minimum absolute atomic E-state index is 0.0432. The van der Waals surface area contributed by atoms with Crippen LogP contribution in [-0.2, 0) is 11.2 Å². The Hall–Kier alpha value is -2.21. The van der Waals surface area contributed by atoms with Crippen LogP contribution >= 0.6 is 0 Å². The Bertz CT molecular complexity index is 714. The first-order chi connectivity index (χ1) is 12.0. The lowest BCUT2D eigenvalue weighted by molar-refractivity contribution is -0.136. The molecule has 1 fully saturated rings. The van der Waals surface area contributed by atoms with Gasteiger partial charge in [-0.15, -0.1) is 0 Å². The molecule has 2 aromatic rings. The maximum Gasteiger partial charge on any atom is 0.228 e. The number of H-pyrrole nitrogens is 1. The zero-order chi connectivity index (χ0) is 17.8. The minimum Gasteiger partial charge on any atom is -0.392 e. The number of aryl methyl sites for hydroxylation is 1. The van der Waals surface area contributed by atoms with Crippen molar-refractivity contribution in [2.45, 2.75) is 38.2 Å². The maximum atomic E-state index is 13.0. The maximum absolute atomic E-state index is 13.0. The first-order valence-corrected chi connectivity index (χ1v) is 8.78. The van der Waals surface area contributed by atoms with E-state index >= 15 is 0 Å². The number of nitrogens with zero attached hydrogens (tertiary/aromatic N) is 2. The van der Waals surface area contributed by atoms with Gasteiger partial charge in [-0.3, -0.25) is 9.89 Å². The van der Waals surface area contributed by atoms with Gasteiger partial charge in [0.2, 0.25) is 5.91 Å². The van der Waals surface area contributed by atoms with E-state index in [1.165, 1.54) is 12.1 Å². The van der Waals surface area contributed by atoms with Crippen LogP contribution in [0, 0.1) is 11.7 Å². The molecule has 3 rings (SSSR count). The van der Waals surface area contributed by atoms with E-state index in [1.54, 1.807) is 24.1 Å². The average Bonchev–Trinajstić information content (AvgIpc) is 3.24. The van der Waals surface area contributed by atoms with E-state index < -0.39 is 6.10 Å². The fourth-order valence-electron chi connectivity index (χ4n) is 3.39. The van der Waals surface area contributed by atoms with Gasteiger partial charge in [0.1, 0.15) is 5.82 Å². The second-order valence-corrected chi connectivity index (χ2v) is 6.75. The van der Waals surface area contributed by atoms with Crippen LogP contribution in [-0.4, -0.2) is 45.8 Å². The number of rotatable bonds is 6. The molecule has 1 aliphatic rings. The summed E-state index contributed by atoms with van der Waals surface area (Å²) >= 11 is 0. The van der Waals surface area contributed by atoms with Gasteiger partial charge in [-0.2, -0.15) is 5.10 Å². The Morgan fingerprint density at radius 1 is 1.36 bits per heavy atom. The topological polar surface area (TPSA) is 69.2 Å². The van der Waals surface area contributed by atoms with Crippen LogP contribution in [0.4, 0.5) is 4.39 Å². The van der Waals surface area contributed by atoms with Gasteiger partial charge in [0, 0.05) is 24.8 Å². The van der Waals surface area contributed by atoms with E-state index in [4.69, 9.17) is 0 Å². The molecule has 0 spiro atoms. The van der Waals surface area contributed by atoms with Crippen molar-refractivity contribution >= 4 is 5.91 Å². The van der Waals surface area contributed by atoms with Crippen molar-refractivity contribution < 1.29 is 14.3 Å². The zero-order valence-corrected chi connectivity index (χ0v) is 14.4. The van der Waals surface area contributed by atoms with Gasteiger partial charge in [0.05, 0.1) is 17.7 Å². The van der Waals surface area contributed by atoms with Gasteiger partial charge in [-0.1, -0.05) is 0 Å². The summed E-state index contributed by atoms with van der Waals surface area (Å²) in [6.45, 7) is 0.646. The molecule has 25 heavy (non-hydrogen) atoms. The van der Waals surface area contributed by atoms with Crippen LogP contribution in [0.5, 0.6) is 0 Å². The molecule has 2 unspecified atom stereocenters. The van der Waals surface area contributed by atoms with E-state index in [9.17, 15) is 14.3 Å². The molecule has 0 bridgehead atoms. The third-order valence-electron chi connectivity index (χ3n) is 4.88. The molecular formula is C19H24FN3O2. The van der Waals surface area contributed by atoms with Gasteiger partial charge in [0.15, 0.2) is 0 Å². The molecule has 1 aromatic carbocycles. The molecule has 1 saturated carbocycles. The molecule has 1 heterocycles. The first-order valence-electron chi connectivity index (χ1n) is 8.78. The smallest absolute Gasteiger partial charge is 0.228 e. The standard InChI is InChI=1S/C19H24FN3O2/c1-23(19(25)16-5-2-6-18(16)24)11-3-4-15-12-17(22-21-15)13-7-9-14(20)10-8-13/h7-10,12,16,18,24H,2-6,11H2,1H3,(H,21,22). The Morgan fingerprint density at radius 3 is 2.80 bits per heavy atom. The van der Waals surface area contributed by atoms with Crippen LogP contribution in [0.1, 0.15) is 31.4 Å². The fourth-order valence-corrected chi connectivity index (χ4v) is 3.39. The lowest BCUT2D eigenvalue weighted by Gasteiger charge is -2.22. The highest BCUT2D eigenvalue weighted by Gasteiger charge is 2.33. The average molecular weight is 345 g/mol. The number of aromatic amines is 1. The predicted molar refractivity (Wildman–Crippen MR) is 93.3 cm³/mol. The molecule has 1 aromatic heterocycles. The summed E-state index contributed by atoms with van der Waals surface area (Å²) in [5, 5.41) is 17.1. The Kier molecular flexibility index (Phi) is 5.48. The fraction of sp³-hybridized carbons (Fsp3) is 0.474. The third-order valence-corrected chi connectivity index (χ3v) is 4.88. The van der Waals surface area contributed by atoms with Crippen molar-refractivity contribution in [1.82, 2.24) is 15.1 Å². The van der Waals surface area contributed by atoms with Crippen LogP contribution in [0.15, 0.2) is 30.3 Å². The highest BCUT2D eigenvalue weighted by molar-refractivity contribution is 5.79. The first kappa shape index (κ1) is 17.6. The largest absolute Gasteiger partial charge is 0.392 e. The quantitative estimate of drug-likeness (QED) is 0.846. The van der Waals surface area contributed by atoms with Crippen LogP contribution in [0.2, 0.25) is 0 Å². The molecule has 6 heteroatoms. The number of benzene rings is 1. The third kappa shape index (κ3) is 4.25. The monoisotopic (exact) mass is 345 g/mol. The number of carbonyl (C=O) groups is 1. The number of aromatic nitrogens is 2. The predicted octanol–water partition coefficient (Wildman–Crippen LogP) is 2.77. The summed E-state index contributed by atoms with van der Waals surface area (Å²) < 4.78 is 13.0. The summed E-state index contributed by atoms with van der Waals surface area (Å²) in [7, 11) is 1.80. The van der Waals surface area contributed by atoms with Gasteiger partial charge in [-0.05, 0) is 62.4 Å². The lowest BCUT2D eigenvalue weighted by Crippen LogP contribution is -2.37. The van der Waals surface area contributed by atoms with Gasteiger partial charge in [-0.25, -0.2) is 4.39 Å². The van der Waals surface area contributed by atoms with Crippen molar-refractivity contribution in [2.75, 3.05) is 13.6 Å². The summed E-state index contributed by atoms with van der Waals surface area (Å²) in [4.78, 5) is 14.0. The van der Waals surface area contributed by atoms with Gasteiger partial charge < -0.3 is 10.0 Å². The summed E-state index contributed by atoms with van der Waals surface area (Å²) in [5.41, 5.74) is 2.64. The molecule has 2 atom stereocenters. The minimum atomic E-state index is -0.485. The number of hydrogen-bond acceptors (Lipinski definition) is 3. The number of aliphatic hydroxyl groups excluding tert-OH is 1. The number of aliphatic hydroxyl groups is 1. The Morgan fingerprint density at radius 2 is 2.12 bits per heavy atom. The van der Waals surface area contributed by atoms with Crippen molar-refractivity contribution in [2.24, 2.45) is 5.92 Å². The summed E-state index contributed by atoms with van der Waals surface area (Å²) in [5.74, 6) is -0.455. The lowest BCUT2D eigenvalue weighted by atomic mass is 10.0.